The predicted octanol–water partition coefficient (Wildman–Crippen LogP) is 3.81. The summed E-state index contributed by atoms with van der Waals surface area (Å²) in [5.74, 6) is 0.862. The molecule has 3 aromatic rings. The minimum absolute atomic E-state index is 0.0160. The molecule has 0 unspecified atom stereocenters. The van der Waals surface area contributed by atoms with Gasteiger partial charge in [-0.15, -0.1) is 0 Å². The Morgan fingerprint density at radius 1 is 1.12 bits per heavy atom. The molecule has 0 aliphatic heterocycles. The van der Waals surface area contributed by atoms with Gasteiger partial charge in [-0.1, -0.05) is 30.3 Å². The van der Waals surface area contributed by atoms with Crippen LogP contribution < -0.4 is 10.1 Å². The van der Waals surface area contributed by atoms with Crippen molar-refractivity contribution < 1.29 is 9.53 Å². The summed E-state index contributed by atoms with van der Waals surface area (Å²) < 4.78 is 5.61. The van der Waals surface area contributed by atoms with E-state index in [9.17, 15) is 4.79 Å². The Morgan fingerprint density at radius 3 is 2.62 bits per heavy atom. The van der Waals surface area contributed by atoms with Crippen LogP contribution in [-0.4, -0.2) is 17.0 Å². The number of aromatic amines is 1. The minimum atomic E-state index is 0.0160. The summed E-state index contributed by atoms with van der Waals surface area (Å²) in [5, 5.41) is 4.07. The van der Waals surface area contributed by atoms with E-state index in [1.165, 1.54) is 0 Å². The molecule has 3 rings (SSSR count). The van der Waals surface area contributed by atoms with E-state index in [4.69, 9.17) is 4.74 Å². The fourth-order valence-corrected chi connectivity index (χ4v) is 2.67. The van der Waals surface area contributed by atoms with Crippen molar-refractivity contribution in [2.75, 3.05) is 0 Å². The molecule has 4 heteroatoms. The summed E-state index contributed by atoms with van der Waals surface area (Å²) in [6.07, 6.45) is 2.44. The Balaban J connectivity index is 1.55. The molecule has 0 radical (unpaired) electrons. The number of amides is 1. The molecule has 2 N–H and O–H groups in total. The lowest BCUT2D eigenvalue weighted by Crippen LogP contribution is -2.24. The maximum Gasteiger partial charge on any atom is 0.224 e. The smallest absolute Gasteiger partial charge is 0.224 e. The predicted molar refractivity (Wildman–Crippen MR) is 96.1 cm³/mol. The maximum absolute atomic E-state index is 12.2. The van der Waals surface area contributed by atoms with Crippen molar-refractivity contribution in [2.45, 2.75) is 32.9 Å². The van der Waals surface area contributed by atoms with Crippen molar-refractivity contribution in [3.63, 3.8) is 0 Å². The third-order valence-corrected chi connectivity index (χ3v) is 3.81. The van der Waals surface area contributed by atoms with Crippen molar-refractivity contribution in [1.82, 2.24) is 10.3 Å². The molecule has 0 aliphatic carbocycles. The largest absolute Gasteiger partial charge is 0.491 e. The van der Waals surface area contributed by atoms with E-state index in [1.807, 2.05) is 68.6 Å². The van der Waals surface area contributed by atoms with E-state index in [1.54, 1.807) is 0 Å². The lowest BCUT2D eigenvalue weighted by atomic mass is 10.1. The molecule has 0 spiro atoms. The lowest BCUT2D eigenvalue weighted by molar-refractivity contribution is -0.120. The van der Waals surface area contributed by atoms with Crippen LogP contribution in [0.25, 0.3) is 10.9 Å². The van der Waals surface area contributed by atoms with Gasteiger partial charge in [0.25, 0.3) is 0 Å². The Labute approximate surface area is 141 Å². The molecule has 2 aromatic carbocycles. The lowest BCUT2D eigenvalue weighted by Gasteiger charge is -2.10. The number of rotatable bonds is 6. The summed E-state index contributed by atoms with van der Waals surface area (Å²) in [5.41, 5.74) is 3.13. The van der Waals surface area contributed by atoms with Gasteiger partial charge >= 0.3 is 0 Å². The van der Waals surface area contributed by atoms with Gasteiger partial charge in [-0.05, 0) is 43.2 Å². The van der Waals surface area contributed by atoms with Crippen molar-refractivity contribution in [2.24, 2.45) is 0 Å². The van der Waals surface area contributed by atoms with Crippen LogP contribution in [0.3, 0.4) is 0 Å². The van der Waals surface area contributed by atoms with Crippen LogP contribution in [0, 0.1) is 0 Å². The summed E-state index contributed by atoms with van der Waals surface area (Å²) in [7, 11) is 0. The molecule has 0 saturated carbocycles. The van der Waals surface area contributed by atoms with Gasteiger partial charge in [-0.2, -0.15) is 0 Å². The van der Waals surface area contributed by atoms with E-state index < -0.39 is 0 Å². The quantitative estimate of drug-likeness (QED) is 0.725. The molecule has 0 bridgehead atoms. The highest BCUT2D eigenvalue weighted by molar-refractivity contribution is 5.88. The van der Waals surface area contributed by atoms with Crippen LogP contribution >= 0.6 is 0 Å². The molecule has 0 aliphatic rings. The maximum atomic E-state index is 12.2. The normalized spacial score (nSPS) is 11.0. The zero-order chi connectivity index (χ0) is 16.9. The number of carbonyl (C=O) groups excluding carboxylic acids is 1. The zero-order valence-corrected chi connectivity index (χ0v) is 14.0. The first-order chi connectivity index (χ1) is 11.6. The molecule has 124 valence electrons. The molecule has 24 heavy (non-hydrogen) atoms. The number of ether oxygens (including phenoxy) is 1. The van der Waals surface area contributed by atoms with Gasteiger partial charge in [0.15, 0.2) is 0 Å². The monoisotopic (exact) mass is 322 g/mol. The van der Waals surface area contributed by atoms with Crippen molar-refractivity contribution >= 4 is 16.8 Å². The first-order valence-corrected chi connectivity index (χ1v) is 8.19. The fraction of sp³-hybridized carbons (Fsp3) is 0.250. The highest BCUT2D eigenvalue weighted by atomic mass is 16.5. The van der Waals surface area contributed by atoms with Crippen molar-refractivity contribution in [3.05, 3.63) is 65.9 Å². The highest BCUT2D eigenvalue weighted by Gasteiger charge is 2.08. The van der Waals surface area contributed by atoms with Crippen LogP contribution in [0.4, 0.5) is 0 Å². The molecule has 0 fully saturated rings. The first kappa shape index (κ1) is 16.1. The standard InChI is InChI=1S/C20H22N2O2/c1-14(2)24-17-9-7-15(8-10-17)12-22-20(23)11-16-13-21-19-6-4-3-5-18(16)19/h3-10,13-14,21H,11-12H2,1-2H3,(H,22,23). The van der Waals surface area contributed by atoms with Crippen molar-refractivity contribution in [3.8, 4) is 5.75 Å². The molecule has 0 atom stereocenters. The number of benzene rings is 2. The third-order valence-electron chi connectivity index (χ3n) is 3.81. The second kappa shape index (κ2) is 7.21. The first-order valence-electron chi connectivity index (χ1n) is 8.19. The van der Waals surface area contributed by atoms with Gasteiger partial charge in [0.1, 0.15) is 5.75 Å². The Bertz CT molecular complexity index is 819. The average molecular weight is 322 g/mol. The Morgan fingerprint density at radius 2 is 1.88 bits per heavy atom. The molecule has 4 nitrogen and oxygen atoms in total. The van der Waals surface area contributed by atoms with Gasteiger partial charge in [-0.25, -0.2) is 0 Å². The molecule has 0 saturated heterocycles. The molecule has 1 heterocycles. The summed E-state index contributed by atoms with van der Waals surface area (Å²) in [4.78, 5) is 15.4. The molecular weight excluding hydrogens is 300 g/mol. The van der Waals surface area contributed by atoms with Crippen LogP contribution in [-0.2, 0) is 17.8 Å². The van der Waals surface area contributed by atoms with Crippen LogP contribution in [0.5, 0.6) is 5.75 Å². The van der Waals surface area contributed by atoms with Gasteiger partial charge in [0, 0.05) is 23.6 Å². The zero-order valence-electron chi connectivity index (χ0n) is 14.0. The molecule has 1 amide bonds. The number of hydrogen-bond donors (Lipinski definition) is 2. The fourth-order valence-electron chi connectivity index (χ4n) is 2.67. The number of para-hydroxylation sites is 1. The number of H-pyrrole nitrogens is 1. The van der Waals surface area contributed by atoms with Gasteiger partial charge in [0.05, 0.1) is 12.5 Å². The van der Waals surface area contributed by atoms with Crippen LogP contribution in [0.2, 0.25) is 0 Å². The van der Waals surface area contributed by atoms with Crippen LogP contribution in [0.1, 0.15) is 25.0 Å². The van der Waals surface area contributed by atoms with E-state index in [0.29, 0.717) is 13.0 Å². The van der Waals surface area contributed by atoms with E-state index in [2.05, 4.69) is 10.3 Å². The SMILES string of the molecule is CC(C)Oc1ccc(CNC(=O)Cc2c[nH]c3ccccc23)cc1. The van der Waals surface area contributed by atoms with E-state index in [0.717, 1.165) is 27.8 Å². The number of fused-ring (bicyclic) bond motifs is 1. The number of hydrogen-bond acceptors (Lipinski definition) is 2. The third kappa shape index (κ3) is 3.96. The molecular formula is C20H22N2O2. The van der Waals surface area contributed by atoms with E-state index in [-0.39, 0.29) is 12.0 Å². The molecule has 1 aromatic heterocycles. The van der Waals surface area contributed by atoms with Gasteiger partial charge < -0.3 is 15.0 Å². The van der Waals surface area contributed by atoms with Gasteiger partial charge in [0.2, 0.25) is 5.91 Å². The number of aromatic nitrogens is 1. The summed E-state index contributed by atoms with van der Waals surface area (Å²) in [6, 6.07) is 15.8. The van der Waals surface area contributed by atoms with Crippen molar-refractivity contribution in [1.29, 1.82) is 0 Å². The average Bonchev–Trinajstić information content (AvgIpc) is 2.97. The summed E-state index contributed by atoms with van der Waals surface area (Å²) >= 11 is 0. The number of carbonyl (C=O) groups is 1. The van der Waals surface area contributed by atoms with Gasteiger partial charge in [-0.3, -0.25) is 4.79 Å². The van der Waals surface area contributed by atoms with E-state index >= 15 is 0 Å². The minimum Gasteiger partial charge on any atom is -0.491 e. The Kier molecular flexibility index (Phi) is 4.85. The highest BCUT2D eigenvalue weighted by Crippen LogP contribution is 2.18. The second-order valence-corrected chi connectivity index (χ2v) is 6.12. The second-order valence-electron chi connectivity index (χ2n) is 6.12. The topological polar surface area (TPSA) is 54.1 Å². The number of nitrogens with one attached hydrogen (secondary N) is 2. The summed E-state index contributed by atoms with van der Waals surface area (Å²) in [6.45, 7) is 4.51. The Hall–Kier alpha value is -2.75. The van der Waals surface area contributed by atoms with Crippen LogP contribution in [0.15, 0.2) is 54.7 Å².